The second kappa shape index (κ2) is 5.41. The summed E-state index contributed by atoms with van der Waals surface area (Å²) in [5, 5.41) is 17.6. The topological polar surface area (TPSA) is 98.8 Å². The molecule has 0 saturated heterocycles. The number of nitro groups is 1. The number of anilines is 1. The van der Waals surface area contributed by atoms with Crippen LogP contribution in [0, 0.1) is 10.1 Å². The third-order valence-corrected chi connectivity index (χ3v) is 2.31. The zero-order valence-corrected chi connectivity index (χ0v) is 9.91. The molecule has 0 atom stereocenters. The van der Waals surface area contributed by atoms with Gasteiger partial charge in [-0.3, -0.25) is 14.8 Å². The van der Waals surface area contributed by atoms with Gasteiger partial charge in [-0.2, -0.15) is 10.1 Å². The number of nitrogens with one attached hydrogen (secondary N) is 1. The molecule has 8 nitrogen and oxygen atoms in total. The van der Waals surface area contributed by atoms with Gasteiger partial charge in [0, 0.05) is 18.9 Å². The third kappa shape index (κ3) is 2.92. The quantitative estimate of drug-likeness (QED) is 0.499. The van der Waals surface area contributed by atoms with Crippen molar-refractivity contribution in [3.05, 3.63) is 40.1 Å². The first-order valence-electron chi connectivity index (χ1n) is 5.05. The molecule has 9 heteroatoms. The molecule has 18 heavy (non-hydrogen) atoms. The molecule has 0 aliphatic rings. The van der Waals surface area contributed by atoms with Crippen molar-refractivity contribution in [3.8, 4) is 0 Å². The number of rotatable bonds is 5. The summed E-state index contributed by atoms with van der Waals surface area (Å²) in [7, 11) is 0. The molecule has 0 amide bonds. The molecule has 0 fully saturated rings. The maximum Gasteiger partial charge on any atom is 0.329 e. The van der Waals surface area contributed by atoms with Gasteiger partial charge in [0.05, 0.1) is 11.5 Å². The zero-order valence-electron chi connectivity index (χ0n) is 9.15. The van der Waals surface area contributed by atoms with E-state index in [4.69, 9.17) is 11.6 Å². The van der Waals surface area contributed by atoms with Crippen LogP contribution < -0.4 is 5.32 Å². The van der Waals surface area contributed by atoms with Gasteiger partial charge in [-0.1, -0.05) is 0 Å². The molecular weight excluding hydrogens is 260 g/mol. The second-order valence-corrected chi connectivity index (χ2v) is 3.66. The molecule has 0 aliphatic carbocycles. The predicted octanol–water partition coefficient (Wildman–Crippen LogP) is 1.35. The Morgan fingerprint density at radius 2 is 2.39 bits per heavy atom. The van der Waals surface area contributed by atoms with Crippen molar-refractivity contribution in [1.82, 2.24) is 19.7 Å². The molecule has 0 radical (unpaired) electrons. The SMILES string of the molecule is O=[N+]([O-])c1cnc(Cl)nc1NCCn1cccn1. The summed E-state index contributed by atoms with van der Waals surface area (Å²) in [6, 6.07) is 1.80. The first kappa shape index (κ1) is 12.2. The fourth-order valence-electron chi connectivity index (χ4n) is 1.34. The number of hydrogen-bond acceptors (Lipinski definition) is 6. The lowest BCUT2D eigenvalue weighted by Gasteiger charge is -2.06. The van der Waals surface area contributed by atoms with Crippen molar-refractivity contribution in [1.29, 1.82) is 0 Å². The number of halogens is 1. The Hall–Kier alpha value is -2.22. The van der Waals surface area contributed by atoms with E-state index in [-0.39, 0.29) is 16.8 Å². The van der Waals surface area contributed by atoms with Crippen LogP contribution in [-0.2, 0) is 6.54 Å². The smallest absolute Gasteiger partial charge is 0.329 e. The van der Waals surface area contributed by atoms with Gasteiger partial charge in [-0.05, 0) is 17.7 Å². The average Bonchev–Trinajstić information content (AvgIpc) is 2.82. The molecule has 0 spiro atoms. The summed E-state index contributed by atoms with van der Waals surface area (Å²) in [6.07, 6.45) is 4.53. The van der Waals surface area contributed by atoms with Gasteiger partial charge in [-0.15, -0.1) is 0 Å². The van der Waals surface area contributed by atoms with E-state index in [1.165, 1.54) is 0 Å². The van der Waals surface area contributed by atoms with Crippen LogP contribution >= 0.6 is 11.6 Å². The van der Waals surface area contributed by atoms with Crippen LogP contribution in [0.1, 0.15) is 0 Å². The van der Waals surface area contributed by atoms with E-state index in [0.717, 1.165) is 6.20 Å². The zero-order chi connectivity index (χ0) is 13.0. The Balaban J connectivity index is 2.03. The van der Waals surface area contributed by atoms with Gasteiger partial charge < -0.3 is 5.32 Å². The lowest BCUT2D eigenvalue weighted by atomic mass is 10.4. The summed E-state index contributed by atoms with van der Waals surface area (Å²) in [5.74, 6) is 0.104. The largest absolute Gasteiger partial charge is 0.362 e. The summed E-state index contributed by atoms with van der Waals surface area (Å²) in [4.78, 5) is 17.5. The van der Waals surface area contributed by atoms with Crippen molar-refractivity contribution in [2.75, 3.05) is 11.9 Å². The van der Waals surface area contributed by atoms with Crippen LogP contribution in [0.3, 0.4) is 0 Å². The normalized spacial score (nSPS) is 10.3. The van der Waals surface area contributed by atoms with E-state index in [0.29, 0.717) is 13.1 Å². The Labute approximate surface area is 107 Å². The summed E-state index contributed by atoms with van der Waals surface area (Å²) >= 11 is 5.60. The highest BCUT2D eigenvalue weighted by atomic mass is 35.5. The molecule has 0 aromatic carbocycles. The highest BCUT2D eigenvalue weighted by Crippen LogP contribution is 2.21. The molecule has 2 rings (SSSR count). The summed E-state index contributed by atoms with van der Waals surface area (Å²) in [5.41, 5.74) is -0.208. The van der Waals surface area contributed by atoms with Crippen molar-refractivity contribution >= 4 is 23.1 Å². The van der Waals surface area contributed by atoms with E-state index in [1.807, 2.05) is 0 Å². The Bertz CT molecular complexity index is 544. The van der Waals surface area contributed by atoms with Crippen LogP contribution in [0.25, 0.3) is 0 Å². The molecule has 94 valence electrons. The van der Waals surface area contributed by atoms with Gasteiger partial charge in [0.1, 0.15) is 6.20 Å². The minimum atomic E-state index is -0.563. The summed E-state index contributed by atoms with van der Waals surface area (Å²) in [6.45, 7) is 1.00. The lowest BCUT2D eigenvalue weighted by Crippen LogP contribution is -2.13. The number of hydrogen-bond donors (Lipinski definition) is 1. The maximum absolute atomic E-state index is 10.7. The first-order valence-corrected chi connectivity index (χ1v) is 5.43. The average molecular weight is 269 g/mol. The standard InChI is InChI=1S/C9H9ClN6O2/c10-9-12-6-7(16(17)18)8(14-9)11-3-5-15-4-1-2-13-15/h1-2,4,6H,3,5H2,(H,11,12,14). The van der Waals surface area contributed by atoms with Crippen molar-refractivity contribution < 1.29 is 4.92 Å². The van der Waals surface area contributed by atoms with Crippen molar-refractivity contribution in [3.63, 3.8) is 0 Å². The number of nitrogens with zero attached hydrogens (tertiary/aromatic N) is 5. The van der Waals surface area contributed by atoms with Gasteiger partial charge in [0.15, 0.2) is 0 Å². The predicted molar refractivity (Wildman–Crippen MR) is 64.4 cm³/mol. The minimum Gasteiger partial charge on any atom is -0.362 e. The molecule has 0 saturated carbocycles. The van der Waals surface area contributed by atoms with Crippen molar-refractivity contribution in [2.24, 2.45) is 0 Å². The molecule has 0 bridgehead atoms. The van der Waals surface area contributed by atoms with Gasteiger partial charge >= 0.3 is 5.69 Å². The Kier molecular flexibility index (Phi) is 3.68. The van der Waals surface area contributed by atoms with Gasteiger partial charge in [0.25, 0.3) is 0 Å². The van der Waals surface area contributed by atoms with E-state index in [9.17, 15) is 10.1 Å². The molecule has 0 unspecified atom stereocenters. The Morgan fingerprint density at radius 1 is 1.56 bits per heavy atom. The van der Waals surface area contributed by atoms with Crippen LogP contribution in [0.15, 0.2) is 24.7 Å². The highest BCUT2D eigenvalue weighted by Gasteiger charge is 2.16. The minimum absolute atomic E-state index is 0.0396. The lowest BCUT2D eigenvalue weighted by molar-refractivity contribution is -0.384. The van der Waals surface area contributed by atoms with E-state index < -0.39 is 4.92 Å². The van der Waals surface area contributed by atoms with Crippen LogP contribution in [0.4, 0.5) is 11.5 Å². The molecule has 2 heterocycles. The van der Waals surface area contributed by atoms with Crippen LogP contribution in [0.5, 0.6) is 0 Å². The monoisotopic (exact) mass is 268 g/mol. The molecule has 2 aromatic rings. The van der Waals surface area contributed by atoms with Crippen LogP contribution in [-0.4, -0.2) is 31.2 Å². The fraction of sp³-hybridized carbons (Fsp3) is 0.222. The van der Waals surface area contributed by atoms with E-state index in [1.54, 1.807) is 23.1 Å². The van der Waals surface area contributed by atoms with Crippen LogP contribution in [0.2, 0.25) is 5.28 Å². The molecule has 2 aromatic heterocycles. The van der Waals surface area contributed by atoms with Gasteiger partial charge in [-0.25, -0.2) is 4.98 Å². The fourth-order valence-corrected chi connectivity index (χ4v) is 1.47. The highest BCUT2D eigenvalue weighted by molar-refractivity contribution is 6.28. The Morgan fingerprint density at radius 3 is 3.06 bits per heavy atom. The molecule has 0 aliphatic heterocycles. The molecule has 1 N–H and O–H groups in total. The number of aromatic nitrogens is 4. The first-order chi connectivity index (χ1) is 8.66. The molecular formula is C9H9ClN6O2. The maximum atomic E-state index is 10.7. The second-order valence-electron chi connectivity index (χ2n) is 3.33. The third-order valence-electron chi connectivity index (χ3n) is 2.13. The van der Waals surface area contributed by atoms with Crippen molar-refractivity contribution in [2.45, 2.75) is 6.54 Å². The van der Waals surface area contributed by atoms with Gasteiger partial charge in [0.2, 0.25) is 11.1 Å². The summed E-state index contributed by atoms with van der Waals surface area (Å²) < 4.78 is 1.70. The van der Waals surface area contributed by atoms with E-state index >= 15 is 0 Å². The van der Waals surface area contributed by atoms with E-state index in [2.05, 4.69) is 20.4 Å².